The van der Waals surface area contributed by atoms with Gasteiger partial charge in [0.05, 0.1) is 0 Å². The average molecular weight is 348 g/mol. The Morgan fingerprint density at radius 1 is 1.43 bits per heavy atom. The van der Waals surface area contributed by atoms with Crippen LogP contribution in [-0.4, -0.2) is 17.7 Å². The minimum atomic E-state index is 0.246. The van der Waals surface area contributed by atoms with Gasteiger partial charge in [0.15, 0.2) is 0 Å². The topological polar surface area (TPSA) is 29.1 Å². The molecule has 3 saturated carbocycles. The number of thioether (sulfide) groups is 1. The van der Waals surface area contributed by atoms with E-state index in [1.165, 1.54) is 30.4 Å². The summed E-state index contributed by atoms with van der Waals surface area (Å²) in [5, 5.41) is 3.32. The number of carbonyl (C=O) groups excluding carboxylic acids is 1. The van der Waals surface area contributed by atoms with Crippen LogP contribution >= 0.6 is 24.4 Å². The molecule has 1 aromatic rings. The highest BCUT2D eigenvalue weighted by molar-refractivity contribution is 7.98. The van der Waals surface area contributed by atoms with E-state index >= 15 is 0 Å². The van der Waals surface area contributed by atoms with Gasteiger partial charge in [-0.05, 0) is 47.1 Å². The predicted octanol–water partition coefficient (Wildman–Crippen LogP) is 4.04. The van der Waals surface area contributed by atoms with E-state index in [1.54, 1.807) is 0 Å². The largest absolute Gasteiger partial charge is 0.353 e. The Kier molecular flexibility index (Phi) is 3.96. The van der Waals surface area contributed by atoms with E-state index in [1.807, 2.05) is 11.8 Å². The summed E-state index contributed by atoms with van der Waals surface area (Å²) in [5.41, 5.74) is 3.69. The van der Waals surface area contributed by atoms with Crippen LogP contribution in [0.15, 0.2) is 24.3 Å². The third-order valence-electron chi connectivity index (χ3n) is 6.47. The van der Waals surface area contributed by atoms with Crippen LogP contribution in [0, 0.1) is 16.7 Å². The number of rotatable bonds is 7. The van der Waals surface area contributed by atoms with E-state index in [9.17, 15) is 4.79 Å². The molecule has 4 rings (SSSR count). The molecule has 0 heterocycles. The average Bonchev–Trinajstić information content (AvgIpc) is 3.39. The van der Waals surface area contributed by atoms with Crippen LogP contribution in [0.2, 0.25) is 0 Å². The van der Waals surface area contributed by atoms with E-state index in [0.29, 0.717) is 23.3 Å². The minimum absolute atomic E-state index is 0.246. The molecule has 0 saturated heterocycles. The highest BCUT2D eigenvalue weighted by Crippen LogP contribution is 2.88. The van der Waals surface area contributed by atoms with Gasteiger partial charge >= 0.3 is 0 Å². The highest BCUT2D eigenvalue weighted by atomic mass is 32.2. The summed E-state index contributed by atoms with van der Waals surface area (Å²) in [6.07, 6.45) is 4.65. The van der Waals surface area contributed by atoms with Crippen LogP contribution in [0.4, 0.5) is 0 Å². The van der Waals surface area contributed by atoms with Crippen LogP contribution in [-0.2, 0) is 16.3 Å². The number of hydrogen-bond donors (Lipinski definition) is 2. The molecule has 124 valence electrons. The lowest BCUT2D eigenvalue weighted by Crippen LogP contribution is -2.39. The third kappa shape index (κ3) is 2.72. The Labute approximate surface area is 148 Å². The van der Waals surface area contributed by atoms with Crippen LogP contribution in [0.5, 0.6) is 0 Å². The Hall–Kier alpha value is -0.610. The normalized spacial score (nSPS) is 36.3. The molecule has 3 aliphatic carbocycles. The zero-order chi connectivity index (χ0) is 16.1. The molecule has 4 atom stereocenters. The van der Waals surface area contributed by atoms with Gasteiger partial charge in [-0.15, -0.1) is 0 Å². The molecular weight excluding hydrogens is 322 g/mol. The maximum atomic E-state index is 12.2. The predicted molar refractivity (Wildman–Crippen MR) is 99.7 cm³/mol. The molecule has 2 nitrogen and oxygen atoms in total. The molecule has 23 heavy (non-hydrogen) atoms. The van der Waals surface area contributed by atoms with E-state index < -0.39 is 0 Å². The fourth-order valence-electron chi connectivity index (χ4n) is 4.89. The first-order chi connectivity index (χ1) is 11.1. The lowest BCUT2D eigenvalue weighted by atomic mass is 9.96. The van der Waals surface area contributed by atoms with Crippen molar-refractivity contribution in [2.24, 2.45) is 16.7 Å². The number of thiol groups is 1. The first-order valence-electron chi connectivity index (χ1n) is 8.63. The molecule has 0 aromatic heterocycles. The van der Waals surface area contributed by atoms with E-state index in [0.717, 1.165) is 23.2 Å². The maximum absolute atomic E-state index is 12.2. The fraction of sp³-hybridized carbons (Fsp3) is 0.632. The number of carbonyl (C=O) groups is 1. The highest BCUT2D eigenvalue weighted by Gasteiger charge is 2.83. The minimum Gasteiger partial charge on any atom is -0.353 e. The summed E-state index contributed by atoms with van der Waals surface area (Å²) in [5.74, 6) is 3.82. The van der Waals surface area contributed by atoms with Gasteiger partial charge in [-0.1, -0.05) is 31.2 Å². The van der Waals surface area contributed by atoms with Gasteiger partial charge in [0.2, 0.25) is 5.91 Å². The van der Waals surface area contributed by atoms with E-state index in [-0.39, 0.29) is 5.91 Å². The smallest absolute Gasteiger partial charge is 0.221 e. The van der Waals surface area contributed by atoms with Crippen molar-refractivity contribution in [2.45, 2.75) is 50.2 Å². The third-order valence-corrected chi connectivity index (χ3v) is 7.86. The van der Waals surface area contributed by atoms with Crippen molar-refractivity contribution in [1.82, 2.24) is 5.32 Å². The zero-order valence-electron chi connectivity index (χ0n) is 13.7. The van der Waals surface area contributed by atoms with E-state index in [4.69, 9.17) is 0 Å². The fourth-order valence-corrected chi connectivity index (χ4v) is 5.98. The molecule has 0 bridgehead atoms. The second-order valence-electron chi connectivity index (χ2n) is 7.79. The summed E-state index contributed by atoms with van der Waals surface area (Å²) in [6.45, 7) is 2.38. The van der Waals surface area contributed by atoms with Gasteiger partial charge in [-0.25, -0.2) is 0 Å². The molecule has 3 fully saturated rings. The van der Waals surface area contributed by atoms with Crippen molar-refractivity contribution in [1.29, 1.82) is 0 Å². The SMILES string of the molecule is CC12CC13CC3CC2NC(=O)CCSCc1cccc(CS)c1. The van der Waals surface area contributed by atoms with Gasteiger partial charge < -0.3 is 5.32 Å². The van der Waals surface area contributed by atoms with Crippen molar-refractivity contribution in [2.75, 3.05) is 5.75 Å². The number of amides is 1. The summed E-state index contributed by atoms with van der Waals surface area (Å²) in [4.78, 5) is 12.2. The molecular formula is C19H25NOS2. The van der Waals surface area contributed by atoms with Crippen molar-refractivity contribution in [3.63, 3.8) is 0 Å². The first-order valence-corrected chi connectivity index (χ1v) is 10.4. The molecule has 4 unspecified atom stereocenters. The standard InChI is InChI=1S/C19H25NOS2/c1-18-12-19(18)9-15(19)8-16(18)20-17(21)5-6-23-11-14-4-2-3-13(7-14)10-22/h2-4,7,15-16,22H,5-6,8-12H2,1H3,(H,20,21). The van der Waals surface area contributed by atoms with Crippen LogP contribution in [0.1, 0.15) is 43.7 Å². The van der Waals surface area contributed by atoms with Crippen LogP contribution in [0.25, 0.3) is 0 Å². The lowest BCUT2D eigenvalue weighted by molar-refractivity contribution is -0.121. The van der Waals surface area contributed by atoms with E-state index in [2.05, 4.69) is 49.1 Å². The second kappa shape index (κ2) is 5.73. The molecule has 1 spiro atoms. The van der Waals surface area contributed by atoms with Gasteiger partial charge in [0.1, 0.15) is 0 Å². The molecule has 4 heteroatoms. The van der Waals surface area contributed by atoms with Crippen molar-refractivity contribution in [3.05, 3.63) is 35.4 Å². The van der Waals surface area contributed by atoms with Crippen LogP contribution < -0.4 is 5.32 Å². The first kappa shape index (κ1) is 15.9. The lowest BCUT2D eigenvalue weighted by Gasteiger charge is -2.22. The monoisotopic (exact) mass is 347 g/mol. The number of benzene rings is 1. The summed E-state index contributed by atoms with van der Waals surface area (Å²) in [6, 6.07) is 9.00. The van der Waals surface area contributed by atoms with Crippen LogP contribution in [0.3, 0.4) is 0 Å². The Balaban J connectivity index is 1.18. The quantitative estimate of drug-likeness (QED) is 0.576. The summed E-state index contributed by atoms with van der Waals surface area (Å²) >= 11 is 6.16. The Bertz CT molecular complexity index is 634. The van der Waals surface area contributed by atoms with Gasteiger partial charge in [-0.3, -0.25) is 4.79 Å². The Morgan fingerprint density at radius 2 is 2.26 bits per heavy atom. The molecule has 1 N–H and O–H groups in total. The molecule has 1 amide bonds. The van der Waals surface area contributed by atoms with Crippen molar-refractivity contribution in [3.8, 4) is 0 Å². The maximum Gasteiger partial charge on any atom is 0.221 e. The number of hydrogen-bond acceptors (Lipinski definition) is 3. The molecule has 3 aliphatic rings. The van der Waals surface area contributed by atoms with Gasteiger partial charge in [0.25, 0.3) is 0 Å². The summed E-state index contributed by atoms with van der Waals surface area (Å²) < 4.78 is 0. The molecule has 0 radical (unpaired) electrons. The van der Waals surface area contributed by atoms with Gasteiger partial charge in [-0.2, -0.15) is 24.4 Å². The van der Waals surface area contributed by atoms with Crippen molar-refractivity contribution >= 4 is 30.3 Å². The molecule has 1 aromatic carbocycles. The summed E-state index contributed by atoms with van der Waals surface area (Å²) in [7, 11) is 0. The number of nitrogens with one attached hydrogen (secondary N) is 1. The Morgan fingerprint density at radius 3 is 2.96 bits per heavy atom. The second-order valence-corrected chi connectivity index (χ2v) is 9.21. The molecule has 0 aliphatic heterocycles. The van der Waals surface area contributed by atoms with Gasteiger partial charge in [0, 0.05) is 29.7 Å². The van der Waals surface area contributed by atoms with Crippen molar-refractivity contribution < 1.29 is 4.79 Å². The zero-order valence-corrected chi connectivity index (χ0v) is 15.4.